The third-order valence-electron chi connectivity index (χ3n) is 6.74. The normalized spacial score (nSPS) is 12.6. The number of pyridine rings is 1. The highest BCUT2D eigenvalue weighted by molar-refractivity contribution is 5.77. The van der Waals surface area contributed by atoms with Crippen LogP contribution in [-0.2, 0) is 22.4 Å². The number of nitrogens with zero attached hydrogens (tertiary/aromatic N) is 3. The van der Waals surface area contributed by atoms with Gasteiger partial charge in [0.05, 0.1) is 24.5 Å². The Labute approximate surface area is 219 Å². The molecule has 3 aromatic rings. The molecule has 0 radical (unpaired) electrons. The zero-order valence-electron chi connectivity index (χ0n) is 22.4. The van der Waals surface area contributed by atoms with E-state index in [1.165, 1.54) is 16.7 Å². The van der Waals surface area contributed by atoms with Crippen molar-refractivity contribution in [1.82, 2.24) is 9.97 Å². The molecule has 196 valence electrons. The molecule has 0 saturated heterocycles. The number of hydrogen-bond acceptors (Lipinski definition) is 7. The van der Waals surface area contributed by atoms with Crippen molar-refractivity contribution < 1.29 is 18.7 Å². The molecular formula is C30H37N3O4. The minimum absolute atomic E-state index is 0.152. The number of oxazole rings is 1. The number of aromatic nitrogens is 2. The van der Waals surface area contributed by atoms with Crippen molar-refractivity contribution in [2.45, 2.75) is 59.8 Å². The Balaban J connectivity index is 1.38. The van der Waals surface area contributed by atoms with Crippen LogP contribution in [-0.4, -0.2) is 42.2 Å². The van der Waals surface area contributed by atoms with Crippen LogP contribution in [0, 0.1) is 6.92 Å². The number of carbonyl (C=O) groups excluding carboxylic acids is 1. The number of ether oxygens (including phenoxy) is 2. The van der Waals surface area contributed by atoms with Crippen molar-refractivity contribution in [1.29, 1.82) is 0 Å². The van der Waals surface area contributed by atoms with Crippen molar-refractivity contribution in [3.8, 4) is 17.2 Å². The summed E-state index contributed by atoms with van der Waals surface area (Å²) >= 11 is 0. The Kier molecular flexibility index (Phi) is 8.99. The van der Waals surface area contributed by atoms with Gasteiger partial charge in [-0.15, -0.1) is 0 Å². The minimum Gasteiger partial charge on any atom is -0.493 e. The van der Waals surface area contributed by atoms with Crippen LogP contribution in [0.25, 0.3) is 17.0 Å². The van der Waals surface area contributed by atoms with E-state index in [2.05, 4.69) is 35.9 Å². The summed E-state index contributed by atoms with van der Waals surface area (Å²) in [6, 6.07) is 10.2. The number of carbonyl (C=O) groups is 1. The lowest BCUT2D eigenvalue weighted by Crippen LogP contribution is -2.22. The van der Waals surface area contributed by atoms with Crippen molar-refractivity contribution in [2.75, 3.05) is 31.2 Å². The van der Waals surface area contributed by atoms with Gasteiger partial charge in [0.2, 0.25) is 5.89 Å². The molecule has 0 saturated carbocycles. The van der Waals surface area contributed by atoms with Gasteiger partial charge >= 0.3 is 5.97 Å². The van der Waals surface area contributed by atoms with Crippen LogP contribution in [0.2, 0.25) is 0 Å². The molecule has 2 heterocycles. The maximum absolute atomic E-state index is 11.8. The molecule has 37 heavy (non-hydrogen) atoms. The summed E-state index contributed by atoms with van der Waals surface area (Å²) in [6.45, 7) is 10.8. The number of esters is 1. The number of hydrogen-bond donors (Lipinski definition) is 0. The molecule has 0 atom stereocenters. The average Bonchev–Trinajstić information content (AvgIpc) is 3.29. The Hall–Kier alpha value is -3.61. The maximum Gasteiger partial charge on any atom is 0.306 e. The molecule has 1 aliphatic rings. The lowest BCUT2D eigenvalue weighted by Gasteiger charge is -2.21. The molecule has 0 aliphatic heterocycles. The van der Waals surface area contributed by atoms with Gasteiger partial charge in [0.1, 0.15) is 17.3 Å². The molecule has 0 bridgehead atoms. The van der Waals surface area contributed by atoms with E-state index in [-0.39, 0.29) is 5.97 Å². The molecule has 0 fully saturated rings. The summed E-state index contributed by atoms with van der Waals surface area (Å²) < 4.78 is 17.3. The average molecular weight is 504 g/mol. The second-order valence-electron chi connectivity index (χ2n) is 9.05. The Bertz CT molecular complexity index is 1230. The first kappa shape index (κ1) is 26.5. The van der Waals surface area contributed by atoms with E-state index >= 15 is 0 Å². The van der Waals surface area contributed by atoms with Gasteiger partial charge in [0.25, 0.3) is 0 Å². The summed E-state index contributed by atoms with van der Waals surface area (Å²) in [6.07, 6.45) is 7.65. The molecular weight excluding hydrogens is 466 g/mol. The van der Waals surface area contributed by atoms with Gasteiger partial charge in [-0.3, -0.25) is 4.79 Å². The number of rotatable bonds is 12. The van der Waals surface area contributed by atoms with Gasteiger partial charge < -0.3 is 18.8 Å². The summed E-state index contributed by atoms with van der Waals surface area (Å²) in [5, 5.41) is 0. The van der Waals surface area contributed by atoms with Crippen LogP contribution in [0.3, 0.4) is 0 Å². The molecule has 0 spiro atoms. The number of anilines is 1. The van der Waals surface area contributed by atoms with Gasteiger partial charge in [-0.2, -0.15) is 0 Å². The Morgan fingerprint density at radius 3 is 2.68 bits per heavy atom. The second kappa shape index (κ2) is 12.6. The third-order valence-corrected chi connectivity index (χ3v) is 6.74. The van der Waals surface area contributed by atoms with Crippen molar-refractivity contribution >= 4 is 17.4 Å². The summed E-state index contributed by atoms with van der Waals surface area (Å²) in [4.78, 5) is 23.4. The zero-order valence-corrected chi connectivity index (χ0v) is 22.4. The predicted molar refractivity (Wildman–Crippen MR) is 146 cm³/mol. The van der Waals surface area contributed by atoms with Crippen molar-refractivity contribution in [3.05, 3.63) is 65.2 Å². The second-order valence-corrected chi connectivity index (χ2v) is 9.05. The topological polar surface area (TPSA) is 77.7 Å². The molecule has 7 heteroatoms. The van der Waals surface area contributed by atoms with Crippen LogP contribution < -0.4 is 9.64 Å². The first-order valence-electron chi connectivity index (χ1n) is 13.3. The number of fused-ring (bicyclic) bond motifs is 1. The standard InChI is InChI=1S/C30H37N3O4/c1-5-33(6-2)28-16-14-23(20-31-28)30-32-26(21(4)37-30)18-19-36-27-13-9-11-24-22(10-8-12-25(24)27)15-17-29(34)35-7-3/h9-11,13-14,16,20H,5-8,12,15,17-19H2,1-4H3. The fourth-order valence-electron chi connectivity index (χ4n) is 4.76. The summed E-state index contributed by atoms with van der Waals surface area (Å²) in [5.74, 6) is 3.08. The lowest BCUT2D eigenvalue weighted by atomic mass is 9.88. The van der Waals surface area contributed by atoms with Gasteiger partial charge in [0.15, 0.2) is 0 Å². The smallest absolute Gasteiger partial charge is 0.306 e. The first-order chi connectivity index (χ1) is 18.0. The third kappa shape index (κ3) is 6.40. The molecule has 4 rings (SSSR count). The quantitative estimate of drug-likeness (QED) is 0.273. The van der Waals surface area contributed by atoms with Crippen molar-refractivity contribution in [3.63, 3.8) is 0 Å². The molecule has 7 nitrogen and oxygen atoms in total. The molecule has 0 unspecified atom stereocenters. The van der Waals surface area contributed by atoms with Gasteiger partial charge in [-0.05, 0) is 76.3 Å². The highest BCUT2D eigenvalue weighted by atomic mass is 16.5. The van der Waals surface area contributed by atoms with Crippen LogP contribution >= 0.6 is 0 Å². The van der Waals surface area contributed by atoms with E-state index in [4.69, 9.17) is 18.9 Å². The first-order valence-corrected chi connectivity index (χ1v) is 13.3. The van der Waals surface area contributed by atoms with Gasteiger partial charge in [0, 0.05) is 37.7 Å². The number of allylic oxidation sites excluding steroid dienone is 2. The fourth-order valence-corrected chi connectivity index (χ4v) is 4.76. The maximum atomic E-state index is 11.8. The molecule has 1 aromatic carbocycles. The molecule has 0 N–H and O–H groups in total. The predicted octanol–water partition coefficient (Wildman–Crippen LogP) is 6.19. The number of aryl methyl sites for hydroxylation is 1. The van der Waals surface area contributed by atoms with Gasteiger partial charge in [-0.1, -0.05) is 18.2 Å². The SMILES string of the molecule is CCOC(=O)CCC1=CCCc2c(OCCc3nc(-c4ccc(N(CC)CC)nc4)oc3C)cccc21. The Morgan fingerprint density at radius 2 is 1.95 bits per heavy atom. The van der Waals surface area contributed by atoms with E-state index in [0.29, 0.717) is 38.4 Å². The van der Waals surface area contributed by atoms with Crippen molar-refractivity contribution in [2.24, 2.45) is 0 Å². The summed E-state index contributed by atoms with van der Waals surface area (Å²) in [7, 11) is 0. The fraction of sp³-hybridized carbons (Fsp3) is 0.433. The van der Waals surface area contributed by atoms with E-state index in [0.717, 1.165) is 54.5 Å². The zero-order chi connectivity index (χ0) is 26.2. The molecule has 0 amide bonds. The largest absolute Gasteiger partial charge is 0.493 e. The van der Waals surface area contributed by atoms with Crippen LogP contribution in [0.15, 0.2) is 47.0 Å². The highest BCUT2D eigenvalue weighted by Gasteiger charge is 2.18. The Morgan fingerprint density at radius 1 is 1.11 bits per heavy atom. The van der Waals surface area contributed by atoms with Crippen LogP contribution in [0.5, 0.6) is 5.75 Å². The van der Waals surface area contributed by atoms with Crippen LogP contribution in [0.4, 0.5) is 5.82 Å². The van der Waals surface area contributed by atoms with Crippen LogP contribution in [0.1, 0.15) is 62.6 Å². The minimum atomic E-state index is -0.152. The lowest BCUT2D eigenvalue weighted by molar-refractivity contribution is -0.142. The number of benzene rings is 1. The monoisotopic (exact) mass is 503 g/mol. The van der Waals surface area contributed by atoms with E-state index in [9.17, 15) is 4.79 Å². The summed E-state index contributed by atoms with van der Waals surface area (Å²) in [5.41, 5.74) is 5.33. The molecule has 1 aliphatic carbocycles. The van der Waals surface area contributed by atoms with E-state index < -0.39 is 0 Å². The van der Waals surface area contributed by atoms with Gasteiger partial charge in [-0.25, -0.2) is 9.97 Å². The van der Waals surface area contributed by atoms with E-state index in [1.807, 2.05) is 44.3 Å². The molecule has 2 aromatic heterocycles. The van der Waals surface area contributed by atoms with E-state index in [1.54, 1.807) is 0 Å². The highest BCUT2D eigenvalue weighted by Crippen LogP contribution is 2.35.